The number of fused-ring (bicyclic) bond motifs is 1. The second kappa shape index (κ2) is 3.91. The molecule has 0 saturated carbocycles. The topological polar surface area (TPSA) is 27.1 Å². The molecule has 1 aliphatic heterocycles. The van der Waals surface area contributed by atoms with Crippen molar-refractivity contribution >= 4 is 11.0 Å². The average molecular weight is 216 g/mol. The Balaban J connectivity index is 2.08. The molecule has 3 nitrogen and oxygen atoms in total. The van der Waals surface area contributed by atoms with Gasteiger partial charge in [0.1, 0.15) is 5.65 Å². The van der Waals surface area contributed by atoms with Gasteiger partial charge in [0, 0.05) is 37.0 Å². The number of ether oxygens (including phenoxy) is 1. The minimum Gasteiger partial charge on any atom is -0.381 e. The van der Waals surface area contributed by atoms with Crippen LogP contribution in [0.3, 0.4) is 0 Å². The SMILES string of the molecule is Cc1cn(C2CCOCC2)c2ncccc12. The fraction of sp³-hybridized carbons (Fsp3) is 0.462. The van der Waals surface area contributed by atoms with Gasteiger partial charge in [0.05, 0.1) is 0 Å². The number of aromatic nitrogens is 2. The average Bonchev–Trinajstić information content (AvgIpc) is 2.69. The first-order chi connectivity index (χ1) is 7.86. The quantitative estimate of drug-likeness (QED) is 0.732. The van der Waals surface area contributed by atoms with E-state index in [1.54, 1.807) is 0 Å². The Bertz CT molecular complexity index is 498. The zero-order valence-electron chi connectivity index (χ0n) is 9.52. The van der Waals surface area contributed by atoms with Crippen LogP contribution >= 0.6 is 0 Å². The Hall–Kier alpha value is -1.35. The number of nitrogens with zero attached hydrogens (tertiary/aromatic N) is 2. The highest BCUT2D eigenvalue weighted by Gasteiger charge is 2.18. The molecule has 0 radical (unpaired) electrons. The highest BCUT2D eigenvalue weighted by Crippen LogP contribution is 2.27. The third kappa shape index (κ3) is 1.52. The first-order valence-corrected chi connectivity index (χ1v) is 5.86. The van der Waals surface area contributed by atoms with Crippen LogP contribution in [0.4, 0.5) is 0 Å². The summed E-state index contributed by atoms with van der Waals surface area (Å²) in [6.45, 7) is 3.90. The van der Waals surface area contributed by atoms with E-state index in [2.05, 4.69) is 28.7 Å². The van der Waals surface area contributed by atoms with E-state index < -0.39 is 0 Å². The summed E-state index contributed by atoms with van der Waals surface area (Å²) in [4.78, 5) is 4.50. The summed E-state index contributed by atoms with van der Waals surface area (Å²) in [5, 5.41) is 1.27. The van der Waals surface area contributed by atoms with Crippen LogP contribution < -0.4 is 0 Å². The molecule has 2 aromatic heterocycles. The number of hydrogen-bond donors (Lipinski definition) is 0. The lowest BCUT2D eigenvalue weighted by molar-refractivity contribution is 0.0706. The lowest BCUT2D eigenvalue weighted by Crippen LogP contribution is -2.19. The predicted molar refractivity (Wildman–Crippen MR) is 63.6 cm³/mol. The minimum absolute atomic E-state index is 0.555. The summed E-state index contributed by atoms with van der Waals surface area (Å²) >= 11 is 0. The number of hydrogen-bond acceptors (Lipinski definition) is 2. The van der Waals surface area contributed by atoms with E-state index in [0.717, 1.165) is 31.7 Å². The molecule has 84 valence electrons. The Morgan fingerprint density at radius 3 is 3.00 bits per heavy atom. The van der Waals surface area contributed by atoms with Crippen LogP contribution in [0.25, 0.3) is 11.0 Å². The van der Waals surface area contributed by atoms with Gasteiger partial charge in [-0.1, -0.05) is 0 Å². The highest BCUT2D eigenvalue weighted by atomic mass is 16.5. The lowest BCUT2D eigenvalue weighted by Gasteiger charge is -2.24. The van der Waals surface area contributed by atoms with E-state index in [9.17, 15) is 0 Å². The van der Waals surface area contributed by atoms with Gasteiger partial charge in [0.15, 0.2) is 0 Å². The van der Waals surface area contributed by atoms with Crippen LogP contribution in [0, 0.1) is 6.92 Å². The molecule has 0 unspecified atom stereocenters. The van der Waals surface area contributed by atoms with Gasteiger partial charge >= 0.3 is 0 Å². The molecular weight excluding hydrogens is 200 g/mol. The minimum atomic E-state index is 0.555. The number of aryl methyl sites for hydroxylation is 1. The molecule has 2 aromatic rings. The smallest absolute Gasteiger partial charge is 0.140 e. The van der Waals surface area contributed by atoms with Crippen molar-refractivity contribution in [3.05, 3.63) is 30.1 Å². The second-order valence-corrected chi connectivity index (χ2v) is 4.44. The molecule has 0 aliphatic carbocycles. The van der Waals surface area contributed by atoms with Crippen molar-refractivity contribution in [3.8, 4) is 0 Å². The maximum Gasteiger partial charge on any atom is 0.140 e. The van der Waals surface area contributed by atoms with E-state index in [0.29, 0.717) is 6.04 Å². The van der Waals surface area contributed by atoms with Gasteiger partial charge in [0.2, 0.25) is 0 Å². The summed E-state index contributed by atoms with van der Waals surface area (Å²) < 4.78 is 7.73. The van der Waals surface area contributed by atoms with E-state index in [1.807, 2.05) is 12.3 Å². The Labute approximate surface area is 95.0 Å². The van der Waals surface area contributed by atoms with Gasteiger partial charge < -0.3 is 9.30 Å². The maximum absolute atomic E-state index is 5.41. The summed E-state index contributed by atoms with van der Waals surface area (Å²) in [7, 11) is 0. The van der Waals surface area contributed by atoms with Crippen molar-refractivity contribution in [2.75, 3.05) is 13.2 Å². The predicted octanol–water partition coefficient (Wildman–Crippen LogP) is 2.70. The normalized spacial score (nSPS) is 18.1. The summed E-state index contributed by atoms with van der Waals surface area (Å²) in [6.07, 6.45) is 6.30. The first kappa shape index (κ1) is 9.85. The lowest BCUT2D eigenvalue weighted by atomic mass is 10.1. The summed E-state index contributed by atoms with van der Waals surface area (Å²) in [5.41, 5.74) is 2.43. The van der Waals surface area contributed by atoms with Crippen molar-refractivity contribution in [2.24, 2.45) is 0 Å². The fourth-order valence-electron chi connectivity index (χ4n) is 2.49. The third-order valence-corrected chi connectivity index (χ3v) is 3.37. The van der Waals surface area contributed by atoms with E-state index in [4.69, 9.17) is 4.74 Å². The molecule has 0 aromatic carbocycles. The van der Waals surface area contributed by atoms with Gasteiger partial charge in [-0.25, -0.2) is 4.98 Å². The largest absolute Gasteiger partial charge is 0.381 e. The van der Waals surface area contributed by atoms with E-state index in [1.165, 1.54) is 10.9 Å². The molecule has 3 rings (SSSR count). The summed E-state index contributed by atoms with van der Waals surface area (Å²) in [5.74, 6) is 0. The number of rotatable bonds is 1. The van der Waals surface area contributed by atoms with Gasteiger partial charge in [-0.05, 0) is 37.5 Å². The molecule has 1 aliphatic rings. The first-order valence-electron chi connectivity index (χ1n) is 5.86. The molecule has 0 N–H and O–H groups in total. The second-order valence-electron chi connectivity index (χ2n) is 4.44. The van der Waals surface area contributed by atoms with Gasteiger partial charge in [-0.15, -0.1) is 0 Å². The van der Waals surface area contributed by atoms with Gasteiger partial charge in [-0.3, -0.25) is 0 Å². The molecule has 1 fully saturated rings. The van der Waals surface area contributed by atoms with Crippen LogP contribution in [-0.2, 0) is 4.74 Å². The Morgan fingerprint density at radius 2 is 2.19 bits per heavy atom. The molecule has 3 heteroatoms. The maximum atomic E-state index is 5.41. The molecular formula is C13H16N2O. The highest BCUT2D eigenvalue weighted by molar-refractivity contribution is 5.80. The Kier molecular flexibility index (Phi) is 2.40. The molecule has 0 amide bonds. The van der Waals surface area contributed by atoms with E-state index in [-0.39, 0.29) is 0 Å². The van der Waals surface area contributed by atoms with Gasteiger partial charge in [0.25, 0.3) is 0 Å². The van der Waals surface area contributed by atoms with Crippen LogP contribution in [0.1, 0.15) is 24.4 Å². The van der Waals surface area contributed by atoms with Crippen LogP contribution in [0.15, 0.2) is 24.5 Å². The zero-order valence-corrected chi connectivity index (χ0v) is 9.52. The van der Waals surface area contributed by atoms with Crippen LogP contribution in [-0.4, -0.2) is 22.8 Å². The summed E-state index contributed by atoms with van der Waals surface area (Å²) in [6, 6.07) is 4.71. The Morgan fingerprint density at radius 1 is 1.38 bits per heavy atom. The van der Waals surface area contributed by atoms with Crippen molar-refractivity contribution in [1.29, 1.82) is 0 Å². The third-order valence-electron chi connectivity index (χ3n) is 3.37. The molecule has 0 atom stereocenters. The van der Waals surface area contributed by atoms with Crippen LogP contribution in [0.2, 0.25) is 0 Å². The molecule has 3 heterocycles. The van der Waals surface area contributed by atoms with Crippen molar-refractivity contribution in [3.63, 3.8) is 0 Å². The van der Waals surface area contributed by atoms with Gasteiger partial charge in [-0.2, -0.15) is 0 Å². The van der Waals surface area contributed by atoms with Crippen molar-refractivity contribution < 1.29 is 4.74 Å². The monoisotopic (exact) mass is 216 g/mol. The standard InChI is InChI=1S/C13H16N2O/c1-10-9-15(11-4-7-16-8-5-11)13-12(10)3-2-6-14-13/h2-3,6,9,11H,4-5,7-8H2,1H3. The van der Waals surface area contributed by atoms with Crippen LogP contribution in [0.5, 0.6) is 0 Å². The van der Waals surface area contributed by atoms with E-state index >= 15 is 0 Å². The number of pyridine rings is 1. The molecule has 1 saturated heterocycles. The fourth-order valence-corrected chi connectivity index (χ4v) is 2.49. The van der Waals surface area contributed by atoms with Crippen molar-refractivity contribution in [2.45, 2.75) is 25.8 Å². The molecule has 16 heavy (non-hydrogen) atoms. The molecule has 0 bridgehead atoms. The van der Waals surface area contributed by atoms with Crippen molar-refractivity contribution in [1.82, 2.24) is 9.55 Å². The zero-order chi connectivity index (χ0) is 11.0. The molecule has 0 spiro atoms.